The van der Waals surface area contributed by atoms with E-state index in [-0.39, 0.29) is 11.5 Å². The Morgan fingerprint density at radius 2 is 2.08 bits per heavy atom. The number of hydrogen-bond donors (Lipinski definition) is 1. The summed E-state index contributed by atoms with van der Waals surface area (Å²) in [4.78, 5) is 29.6. The van der Waals surface area contributed by atoms with Crippen LogP contribution in [0.25, 0.3) is 6.08 Å². The van der Waals surface area contributed by atoms with Gasteiger partial charge in [-0.3, -0.25) is 9.69 Å². The van der Waals surface area contributed by atoms with E-state index in [2.05, 4.69) is 43.5 Å². The van der Waals surface area contributed by atoms with Crippen molar-refractivity contribution in [3.8, 4) is 0 Å². The fourth-order valence-electron chi connectivity index (χ4n) is 2.00. The molecule has 1 N–H and O–H groups in total. The maximum absolute atomic E-state index is 12.4. The molecule has 128 valence electrons. The molecular formula is C16H10BrIN2O4S. The van der Waals surface area contributed by atoms with E-state index in [0.29, 0.717) is 26.2 Å². The number of aliphatic imine (C=N–C) groups is 1. The highest BCUT2D eigenvalue weighted by Gasteiger charge is 2.30. The molecule has 9 heteroatoms. The minimum atomic E-state index is -0.994. The second-order valence-corrected chi connectivity index (χ2v) is 7.88. The van der Waals surface area contributed by atoms with E-state index in [4.69, 9.17) is 9.52 Å². The quantitative estimate of drug-likeness (QED) is 0.462. The van der Waals surface area contributed by atoms with E-state index < -0.39 is 5.97 Å². The van der Waals surface area contributed by atoms with Crippen molar-refractivity contribution < 1.29 is 19.1 Å². The predicted molar refractivity (Wildman–Crippen MR) is 108 cm³/mol. The Kier molecular flexibility index (Phi) is 5.35. The monoisotopic (exact) mass is 532 g/mol. The summed E-state index contributed by atoms with van der Waals surface area (Å²) in [6, 6.07) is 7.97. The molecule has 3 rings (SSSR count). The Balaban J connectivity index is 1.86. The molecule has 0 unspecified atom stereocenters. The lowest BCUT2D eigenvalue weighted by atomic mass is 10.2. The average molecular weight is 533 g/mol. The summed E-state index contributed by atoms with van der Waals surface area (Å²) in [6.07, 6.45) is 1.67. The van der Waals surface area contributed by atoms with Crippen molar-refractivity contribution >= 4 is 79.1 Å². The van der Waals surface area contributed by atoms with Crippen LogP contribution >= 0.6 is 50.3 Å². The summed E-state index contributed by atoms with van der Waals surface area (Å²) in [6.45, 7) is 0. The lowest BCUT2D eigenvalue weighted by Crippen LogP contribution is -2.23. The molecule has 25 heavy (non-hydrogen) atoms. The molecule has 1 aromatic carbocycles. The number of aromatic carboxylic acids is 1. The highest BCUT2D eigenvalue weighted by molar-refractivity contribution is 14.1. The number of carbonyl (C=O) groups is 2. The van der Waals surface area contributed by atoms with Crippen LogP contribution < -0.4 is 0 Å². The summed E-state index contributed by atoms with van der Waals surface area (Å²) in [5, 5.41) is 9.43. The first-order chi connectivity index (χ1) is 11.8. The van der Waals surface area contributed by atoms with Crippen molar-refractivity contribution in [1.82, 2.24) is 4.90 Å². The fourth-order valence-corrected chi connectivity index (χ4v) is 3.69. The van der Waals surface area contributed by atoms with Crippen LogP contribution in [0.3, 0.4) is 0 Å². The smallest absolute Gasteiger partial charge is 0.335 e. The van der Waals surface area contributed by atoms with Crippen LogP contribution in [0.1, 0.15) is 16.1 Å². The highest BCUT2D eigenvalue weighted by atomic mass is 127. The number of nitrogens with zero attached hydrogens (tertiary/aromatic N) is 2. The SMILES string of the molecule is CN1C(=O)C(=Cc2cc(I)c(Br)o2)SC1=Nc1ccc(C(=O)O)cc1. The third kappa shape index (κ3) is 3.98. The molecule has 0 saturated carbocycles. The number of amides is 1. The topological polar surface area (TPSA) is 83.1 Å². The number of carboxylic acids is 1. The van der Waals surface area contributed by atoms with Crippen LogP contribution in [0.4, 0.5) is 5.69 Å². The van der Waals surface area contributed by atoms with Gasteiger partial charge in [0.1, 0.15) is 5.76 Å². The van der Waals surface area contributed by atoms with Crippen LogP contribution in [0.15, 0.2) is 49.3 Å². The van der Waals surface area contributed by atoms with Crippen LogP contribution in [0.5, 0.6) is 0 Å². The average Bonchev–Trinajstić information content (AvgIpc) is 3.02. The molecule has 0 radical (unpaired) electrons. The normalized spacial score (nSPS) is 17.7. The third-order valence-corrected chi connectivity index (χ3v) is 6.47. The molecule has 6 nitrogen and oxygen atoms in total. The maximum atomic E-state index is 12.4. The zero-order valence-electron chi connectivity index (χ0n) is 12.7. The van der Waals surface area contributed by atoms with Crippen LogP contribution in [0.2, 0.25) is 0 Å². The number of hydrogen-bond acceptors (Lipinski definition) is 5. The molecule has 1 aliphatic rings. The minimum absolute atomic E-state index is 0.173. The van der Waals surface area contributed by atoms with Gasteiger partial charge in [0, 0.05) is 13.1 Å². The van der Waals surface area contributed by atoms with Crippen molar-refractivity contribution in [2.45, 2.75) is 0 Å². The number of halogens is 2. The van der Waals surface area contributed by atoms with E-state index >= 15 is 0 Å². The lowest BCUT2D eigenvalue weighted by molar-refractivity contribution is -0.121. The van der Waals surface area contributed by atoms with Crippen molar-refractivity contribution in [2.24, 2.45) is 4.99 Å². The molecule has 0 atom stereocenters. The first kappa shape index (κ1) is 18.2. The Morgan fingerprint density at radius 1 is 1.40 bits per heavy atom. The molecule has 0 bridgehead atoms. The van der Waals surface area contributed by atoms with E-state index in [1.165, 1.54) is 28.8 Å². The standard InChI is InChI=1S/C16H10BrIN2O4S/c1-20-14(21)12(7-10-6-11(18)13(17)24-10)25-16(20)19-9-4-2-8(3-5-9)15(22)23/h2-7H,1H3,(H,22,23). The second-order valence-electron chi connectivity index (χ2n) is 4.99. The van der Waals surface area contributed by atoms with Gasteiger partial charge in [-0.2, -0.15) is 0 Å². The molecule has 0 aliphatic carbocycles. The van der Waals surface area contributed by atoms with Crippen molar-refractivity contribution in [3.63, 3.8) is 0 Å². The Hall–Kier alpha value is -1.59. The summed E-state index contributed by atoms with van der Waals surface area (Å²) >= 11 is 6.66. The van der Waals surface area contributed by atoms with Gasteiger partial charge in [-0.15, -0.1) is 0 Å². The molecular weight excluding hydrogens is 523 g/mol. The van der Waals surface area contributed by atoms with Gasteiger partial charge in [0.05, 0.1) is 19.7 Å². The van der Waals surface area contributed by atoms with Crippen LogP contribution in [-0.4, -0.2) is 34.1 Å². The molecule has 0 spiro atoms. The molecule has 1 aromatic heterocycles. The Labute approximate surface area is 169 Å². The number of amidine groups is 1. The van der Waals surface area contributed by atoms with E-state index in [1.54, 1.807) is 25.3 Å². The maximum Gasteiger partial charge on any atom is 0.335 e. The number of rotatable bonds is 3. The van der Waals surface area contributed by atoms with Gasteiger partial charge >= 0.3 is 5.97 Å². The van der Waals surface area contributed by atoms with Gasteiger partial charge < -0.3 is 9.52 Å². The molecule has 1 amide bonds. The summed E-state index contributed by atoms with van der Waals surface area (Å²) < 4.78 is 7.04. The fraction of sp³-hybridized carbons (Fsp3) is 0.0625. The summed E-state index contributed by atoms with van der Waals surface area (Å²) in [5.41, 5.74) is 0.759. The minimum Gasteiger partial charge on any atom is -0.478 e. The summed E-state index contributed by atoms with van der Waals surface area (Å²) in [5.74, 6) is -0.591. The van der Waals surface area contributed by atoms with Crippen molar-refractivity contribution in [1.29, 1.82) is 0 Å². The number of benzene rings is 1. The zero-order valence-corrected chi connectivity index (χ0v) is 17.3. The molecule has 2 aromatic rings. The van der Waals surface area contributed by atoms with Crippen molar-refractivity contribution in [3.05, 3.63) is 54.8 Å². The van der Waals surface area contributed by atoms with Crippen LogP contribution in [-0.2, 0) is 4.79 Å². The van der Waals surface area contributed by atoms with Gasteiger partial charge in [0.25, 0.3) is 5.91 Å². The largest absolute Gasteiger partial charge is 0.478 e. The van der Waals surface area contributed by atoms with E-state index in [1.807, 2.05) is 6.07 Å². The second kappa shape index (κ2) is 7.34. The number of carbonyl (C=O) groups excluding carboxylic acids is 1. The predicted octanol–water partition coefficient (Wildman–Crippen LogP) is 4.58. The first-order valence-electron chi connectivity index (χ1n) is 6.89. The van der Waals surface area contributed by atoms with E-state index in [0.717, 1.165) is 3.57 Å². The van der Waals surface area contributed by atoms with Gasteiger partial charge in [0.2, 0.25) is 0 Å². The summed E-state index contributed by atoms with van der Waals surface area (Å²) in [7, 11) is 1.64. The number of thioether (sulfide) groups is 1. The highest BCUT2D eigenvalue weighted by Crippen LogP contribution is 2.34. The molecule has 1 saturated heterocycles. The molecule has 1 aliphatic heterocycles. The number of carboxylic acid groups (broad SMARTS) is 1. The van der Waals surface area contributed by atoms with E-state index in [9.17, 15) is 9.59 Å². The Morgan fingerprint density at radius 3 is 2.64 bits per heavy atom. The van der Waals surface area contributed by atoms with Crippen LogP contribution in [0, 0.1) is 3.57 Å². The molecule has 1 fully saturated rings. The molecule has 2 heterocycles. The first-order valence-corrected chi connectivity index (χ1v) is 9.58. The third-order valence-electron chi connectivity index (χ3n) is 3.28. The lowest BCUT2D eigenvalue weighted by Gasteiger charge is -2.07. The van der Waals surface area contributed by atoms with Gasteiger partial charge in [-0.05, 0) is 80.6 Å². The Bertz CT molecular complexity index is 901. The van der Waals surface area contributed by atoms with Gasteiger partial charge in [-0.25, -0.2) is 9.79 Å². The van der Waals surface area contributed by atoms with Crippen molar-refractivity contribution in [2.75, 3.05) is 7.05 Å². The number of likely N-dealkylation sites (N-methyl/N-ethyl adjacent to an activating group) is 1. The number of furan rings is 1. The van der Waals surface area contributed by atoms with Gasteiger partial charge in [0.15, 0.2) is 9.84 Å². The van der Waals surface area contributed by atoms with Gasteiger partial charge in [-0.1, -0.05) is 0 Å². The zero-order chi connectivity index (χ0) is 18.1.